The van der Waals surface area contributed by atoms with Gasteiger partial charge in [-0.2, -0.15) is 4.98 Å². The number of nitrogens with zero attached hydrogens (tertiary/aromatic N) is 2. The maximum atomic E-state index is 12.9. The lowest BCUT2D eigenvalue weighted by atomic mass is 10.2. The molecule has 1 aromatic heterocycles. The molecular weight excluding hydrogens is 305 g/mol. The molecule has 120 valence electrons. The number of carbonyl (C=O) groups is 2. The van der Waals surface area contributed by atoms with Crippen LogP contribution in [0.15, 0.2) is 28.8 Å². The molecule has 0 bridgehead atoms. The summed E-state index contributed by atoms with van der Waals surface area (Å²) >= 11 is 0. The average Bonchev–Trinajstić information content (AvgIpc) is 3.17. The van der Waals surface area contributed by atoms with Crippen LogP contribution in [0.5, 0.6) is 0 Å². The summed E-state index contributed by atoms with van der Waals surface area (Å²) in [6.45, 7) is 1.91. The molecule has 3 rings (SSSR count). The zero-order chi connectivity index (χ0) is 16.4. The number of amides is 3. The Kier molecular flexibility index (Phi) is 3.92. The Morgan fingerprint density at radius 3 is 2.83 bits per heavy atom. The molecule has 1 saturated heterocycles. The molecule has 1 aliphatic rings. The fourth-order valence-electron chi connectivity index (χ4n) is 2.12. The fourth-order valence-corrected chi connectivity index (χ4v) is 2.12. The SMILES string of the molecule is C[C@H](NC(=O)[C@H]1CNC(=O)N1)c1nc(-c2ccc(F)cc2)no1. The number of urea groups is 1. The van der Waals surface area contributed by atoms with Gasteiger partial charge in [-0.3, -0.25) is 4.79 Å². The quantitative estimate of drug-likeness (QED) is 0.770. The van der Waals surface area contributed by atoms with Crippen molar-refractivity contribution in [3.63, 3.8) is 0 Å². The van der Waals surface area contributed by atoms with E-state index in [4.69, 9.17) is 4.52 Å². The number of carbonyl (C=O) groups excluding carboxylic acids is 2. The molecule has 3 amide bonds. The highest BCUT2D eigenvalue weighted by Crippen LogP contribution is 2.19. The van der Waals surface area contributed by atoms with Crippen LogP contribution in [0.4, 0.5) is 9.18 Å². The first-order valence-corrected chi connectivity index (χ1v) is 6.97. The van der Waals surface area contributed by atoms with Crippen LogP contribution in [0.3, 0.4) is 0 Å². The predicted molar refractivity (Wildman–Crippen MR) is 76.6 cm³/mol. The van der Waals surface area contributed by atoms with Gasteiger partial charge in [0, 0.05) is 12.1 Å². The maximum absolute atomic E-state index is 12.9. The predicted octanol–water partition coefficient (Wildman–Crippen LogP) is 0.734. The number of nitrogens with one attached hydrogen (secondary N) is 3. The third-order valence-corrected chi connectivity index (χ3v) is 3.36. The minimum absolute atomic E-state index is 0.218. The molecule has 0 aliphatic carbocycles. The first-order chi connectivity index (χ1) is 11.0. The van der Waals surface area contributed by atoms with Gasteiger partial charge >= 0.3 is 6.03 Å². The molecule has 0 unspecified atom stereocenters. The Morgan fingerprint density at radius 2 is 2.17 bits per heavy atom. The lowest BCUT2D eigenvalue weighted by molar-refractivity contribution is -0.123. The van der Waals surface area contributed by atoms with E-state index in [1.165, 1.54) is 24.3 Å². The van der Waals surface area contributed by atoms with Crippen molar-refractivity contribution in [2.75, 3.05) is 6.54 Å². The van der Waals surface area contributed by atoms with Crippen molar-refractivity contribution in [1.82, 2.24) is 26.1 Å². The number of benzene rings is 1. The molecule has 0 radical (unpaired) electrons. The third kappa shape index (κ3) is 3.28. The molecule has 2 aromatic rings. The molecule has 0 spiro atoms. The van der Waals surface area contributed by atoms with E-state index < -0.39 is 12.1 Å². The zero-order valence-electron chi connectivity index (χ0n) is 12.2. The minimum Gasteiger partial charge on any atom is -0.343 e. The van der Waals surface area contributed by atoms with E-state index in [2.05, 4.69) is 26.1 Å². The highest BCUT2D eigenvalue weighted by Gasteiger charge is 2.28. The summed E-state index contributed by atoms with van der Waals surface area (Å²) in [5.74, 6) is -0.186. The first-order valence-electron chi connectivity index (χ1n) is 6.97. The summed E-state index contributed by atoms with van der Waals surface area (Å²) in [5.41, 5.74) is 0.604. The molecule has 1 aliphatic heterocycles. The topological polar surface area (TPSA) is 109 Å². The van der Waals surface area contributed by atoms with Crippen LogP contribution in [0.1, 0.15) is 18.9 Å². The molecule has 9 heteroatoms. The van der Waals surface area contributed by atoms with Crippen molar-refractivity contribution in [3.8, 4) is 11.4 Å². The van der Waals surface area contributed by atoms with E-state index in [1.54, 1.807) is 6.92 Å². The molecular formula is C14H14FN5O3. The van der Waals surface area contributed by atoms with Gasteiger partial charge < -0.3 is 20.5 Å². The van der Waals surface area contributed by atoms with E-state index in [0.29, 0.717) is 11.4 Å². The summed E-state index contributed by atoms with van der Waals surface area (Å²) in [6.07, 6.45) is 0. The summed E-state index contributed by atoms with van der Waals surface area (Å²) in [6, 6.07) is 4.12. The molecule has 3 N–H and O–H groups in total. The van der Waals surface area contributed by atoms with Gasteiger partial charge in [-0.1, -0.05) is 5.16 Å². The molecule has 8 nitrogen and oxygen atoms in total. The van der Waals surface area contributed by atoms with Gasteiger partial charge in [0.15, 0.2) is 0 Å². The Labute approximate surface area is 130 Å². The van der Waals surface area contributed by atoms with E-state index in [9.17, 15) is 14.0 Å². The van der Waals surface area contributed by atoms with Crippen LogP contribution >= 0.6 is 0 Å². The highest BCUT2D eigenvalue weighted by molar-refractivity contribution is 5.90. The third-order valence-electron chi connectivity index (χ3n) is 3.36. The smallest absolute Gasteiger partial charge is 0.315 e. The summed E-state index contributed by atoms with van der Waals surface area (Å²) < 4.78 is 18.0. The summed E-state index contributed by atoms with van der Waals surface area (Å²) in [5, 5.41) is 11.5. The van der Waals surface area contributed by atoms with E-state index in [1.807, 2.05) is 0 Å². The van der Waals surface area contributed by atoms with Gasteiger partial charge in [-0.25, -0.2) is 9.18 Å². The van der Waals surface area contributed by atoms with Crippen molar-refractivity contribution in [2.45, 2.75) is 19.0 Å². The van der Waals surface area contributed by atoms with Crippen molar-refractivity contribution in [3.05, 3.63) is 36.0 Å². The standard InChI is InChI=1S/C14H14FN5O3/c1-7(17-12(21)10-6-16-14(22)18-10)13-19-11(20-23-13)8-2-4-9(15)5-3-8/h2-5,7,10H,6H2,1H3,(H,17,21)(H2,16,18,22)/t7-,10+/m0/s1. The molecule has 1 aromatic carbocycles. The molecule has 1 fully saturated rings. The van der Waals surface area contributed by atoms with Crippen molar-refractivity contribution in [1.29, 1.82) is 0 Å². The van der Waals surface area contributed by atoms with Crippen molar-refractivity contribution >= 4 is 11.9 Å². The Balaban J connectivity index is 1.66. The lowest BCUT2D eigenvalue weighted by Crippen LogP contribution is -2.43. The van der Waals surface area contributed by atoms with Gasteiger partial charge in [-0.15, -0.1) is 0 Å². The normalized spacial score (nSPS) is 18.2. The van der Waals surface area contributed by atoms with E-state index in [-0.39, 0.29) is 30.2 Å². The Bertz CT molecular complexity index is 730. The van der Waals surface area contributed by atoms with Crippen LogP contribution in [-0.4, -0.2) is 34.7 Å². The number of aromatic nitrogens is 2. The van der Waals surface area contributed by atoms with Crippen LogP contribution in [0, 0.1) is 5.82 Å². The first kappa shape index (κ1) is 14.9. The van der Waals surface area contributed by atoms with Crippen LogP contribution in [-0.2, 0) is 4.79 Å². The van der Waals surface area contributed by atoms with Crippen LogP contribution in [0.25, 0.3) is 11.4 Å². The highest BCUT2D eigenvalue weighted by atomic mass is 19.1. The molecule has 2 heterocycles. The Morgan fingerprint density at radius 1 is 1.43 bits per heavy atom. The number of rotatable bonds is 4. The van der Waals surface area contributed by atoms with Gasteiger partial charge in [0.2, 0.25) is 17.6 Å². The van der Waals surface area contributed by atoms with Gasteiger partial charge in [0.25, 0.3) is 0 Å². The number of hydrogen-bond donors (Lipinski definition) is 3. The lowest BCUT2D eigenvalue weighted by Gasteiger charge is -2.13. The second-order valence-electron chi connectivity index (χ2n) is 5.10. The Hall–Kier alpha value is -2.97. The second-order valence-corrected chi connectivity index (χ2v) is 5.10. The summed E-state index contributed by atoms with van der Waals surface area (Å²) in [4.78, 5) is 27.2. The van der Waals surface area contributed by atoms with Gasteiger partial charge in [-0.05, 0) is 31.2 Å². The van der Waals surface area contributed by atoms with Gasteiger partial charge in [0.1, 0.15) is 17.9 Å². The zero-order valence-corrected chi connectivity index (χ0v) is 12.2. The van der Waals surface area contributed by atoms with Crippen LogP contribution < -0.4 is 16.0 Å². The number of halogens is 1. The minimum atomic E-state index is -0.635. The molecule has 0 saturated carbocycles. The second kappa shape index (κ2) is 6.03. The van der Waals surface area contributed by atoms with Crippen molar-refractivity contribution in [2.24, 2.45) is 0 Å². The number of hydrogen-bond acceptors (Lipinski definition) is 5. The van der Waals surface area contributed by atoms with E-state index >= 15 is 0 Å². The largest absolute Gasteiger partial charge is 0.343 e. The van der Waals surface area contributed by atoms with E-state index in [0.717, 1.165) is 0 Å². The van der Waals surface area contributed by atoms with Crippen molar-refractivity contribution < 1.29 is 18.5 Å². The monoisotopic (exact) mass is 319 g/mol. The molecule has 2 atom stereocenters. The average molecular weight is 319 g/mol. The fraction of sp³-hybridized carbons (Fsp3) is 0.286. The summed E-state index contributed by atoms with van der Waals surface area (Å²) in [7, 11) is 0. The van der Waals surface area contributed by atoms with Crippen LogP contribution in [0.2, 0.25) is 0 Å². The van der Waals surface area contributed by atoms with Gasteiger partial charge in [0.05, 0.1) is 0 Å². The maximum Gasteiger partial charge on any atom is 0.315 e. The molecule has 23 heavy (non-hydrogen) atoms.